The summed E-state index contributed by atoms with van der Waals surface area (Å²) >= 11 is 0. The summed E-state index contributed by atoms with van der Waals surface area (Å²) < 4.78 is 33.0. The second-order valence-corrected chi connectivity index (χ2v) is 13.9. The monoisotopic (exact) mass is 722 g/mol. The molecule has 288 valence electrons. The van der Waals surface area contributed by atoms with Gasteiger partial charge < -0.3 is 20.1 Å². The second-order valence-electron chi connectivity index (χ2n) is 12.5. The maximum atomic E-state index is 12.3. The predicted molar refractivity (Wildman–Crippen MR) is 210 cm³/mol. The van der Waals surface area contributed by atoms with Crippen molar-refractivity contribution in [1.29, 1.82) is 0 Å². The summed E-state index contributed by atoms with van der Waals surface area (Å²) in [4.78, 5) is 22.2. The molecule has 0 fully saturated rings. The van der Waals surface area contributed by atoms with E-state index in [0.717, 1.165) is 51.4 Å². The lowest BCUT2D eigenvalue weighted by atomic mass is 10.0. The standard InChI is InChI=1S/C41H72NO7P/c1-3-5-7-9-11-13-15-17-19-20-21-22-24-26-28-30-32-34-41(43)47-38-40(39-49-50(44,45)48-37-35-42)46-36-33-31-29-27-25-23-18-16-14-12-10-8-6-4-2/h5,7,11,13,17,19,21-22,26,28,33,36,40H,3-4,6,8-10,12,14-16,18,20,23-25,27,29-32,34-35,37-39,42H2,1-2H3,(H,44,45)/b7-5-,13-11-,19-17-,22-21-,28-26-,36-33-/t40-/m1/s1. The van der Waals surface area contributed by atoms with Gasteiger partial charge in [-0.1, -0.05) is 145 Å². The Bertz CT molecular complexity index is 989. The highest BCUT2D eigenvalue weighted by atomic mass is 31.2. The van der Waals surface area contributed by atoms with E-state index < -0.39 is 13.9 Å². The lowest BCUT2D eigenvalue weighted by Gasteiger charge is -2.19. The summed E-state index contributed by atoms with van der Waals surface area (Å²) in [7, 11) is -4.28. The lowest BCUT2D eigenvalue weighted by Crippen LogP contribution is -2.25. The molecule has 0 aromatic rings. The number of hydrogen-bond acceptors (Lipinski definition) is 7. The Balaban J connectivity index is 4.25. The van der Waals surface area contributed by atoms with Gasteiger partial charge in [0.05, 0.1) is 19.5 Å². The fourth-order valence-corrected chi connectivity index (χ4v) is 5.60. The van der Waals surface area contributed by atoms with Gasteiger partial charge in [-0.25, -0.2) is 4.57 Å². The summed E-state index contributed by atoms with van der Waals surface area (Å²) in [5.41, 5.74) is 5.35. The van der Waals surface area contributed by atoms with Gasteiger partial charge in [0, 0.05) is 13.0 Å². The summed E-state index contributed by atoms with van der Waals surface area (Å²) in [6.45, 7) is 4.01. The molecule has 0 aliphatic rings. The molecule has 0 saturated heterocycles. The van der Waals surface area contributed by atoms with Gasteiger partial charge in [-0.05, 0) is 63.9 Å². The third-order valence-corrected chi connectivity index (χ3v) is 8.71. The number of ether oxygens (including phenoxy) is 2. The first-order valence-corrected chi connectivity index (χ1v) is 21.0. The van der Waals surface area contributed by atoms with Crippen LogP contribution in [-0.2, 0) is 27.9 Å². The van der Waals surface area contributed by atoms with Crippen molar-refractivity contribution in [1.82, 2.24) is 0 Å². The van der Waals surface area contributed by atoms with Gasteiger partial charge in [-0.3, -0.25) is 13.8 Å². The average molecular weight is 722 g/mol. The van der Waals surface area contributed by atoms with E-state index in [1.807, 2.05) is 6.08 Å². The molecular formula is C41H72NO7P. The number of phosphoric acid groups is 1. The molecule has 50 heavy (non-hydrogen) atoms. The molecule has 0 aliphatic heterocycles. The molecule has 0 spiro atoms. The number of carbonyl (C=O) groups excluding carboxylic acids is 1. The van der Waals surface area contributed by atoms with Gasteiger partial charge in [-0.2, -0.15) is 0 Å². The van der Waals surface area contributed by atoms with Crippen LogP contribution in [0.15, 0.2) is 73.1 Å². The lowest BCUT2D eigenvalue weighted by molar-refractivity contribution is -0.147. The summed E-state index contributed by atoms with van der Waals surface area (Å²) in [6.07, 6.45) is 47.4. The van der Waals surface area contributed by atoms with E-state index in [1.54, 1.807) is 6.26 Å². The number of phosphoric ester groups is 1. The maximum absolute atomic E-state index is 12.3. The van der Waals surface area contributed by atoms with E-state index in [4.69, 9.17) is 24.3 Å². The van der Waals surface area contributed by atoms with Crippen LogP contribution in [-0.4, -0.2) is 43.3 Å². The molecule has 8 nitrogen and oxygen atoms in total. The maximum Gasteiger partial charge on any atom is 0.472 e. The van der Waals surface area contributed by atoms with Crippen molar-refractivity contribution in [2.75, 3.05) is 26.4 Å². The van der Waals surface area contributed by atoms with Crippen LogP contribution in [0.5, 0.6) is 0 Å². The molecule has 2 atom stereocenters. The van der Waals surface area contributed by atoms with E-state index in [9.17, 15) is 14.3 Å². The van der Waals surface area contributed by atoms with E-state index in [2.05, 4.69) is 74.6 Å². The van der Waals surface area contributed by atoms with Gasteiger partial charge in [0.1, 0.15) is 6.61 Å². The van der Waals surface area contributed by atoms with Crippen molar-refractivity contribution in [3.8, 4) is 0 Å². The Hall–Kier alpha value is -2.22. The van der Waals surface area contributed by atoms with E-state index in [0.29, 0.717) is 6.42 Å². The molecule has 9 heteroatoms. The Morgan fingerprint density at radius 2 is 1.14 bits per heavy atom. The summed E-state index contributed by atoms with van der Waals surface area (Å²) in [5.74, 6) is -0.349. The Morgan fingerprint density at radius 3 is 1.68 bits per heavy atom. The van der Waals surface area contributed by atoms with Crippen molar-refractivity contribution < 1.29 is 32.8 Å². The van der Waals surface area contributed by atoms with Crippen LogP contribution in [0.4, 0.5) is 0 Å². The third kappa shape index (κ3) is 37.0. The van der Waals surface area contributed by atoms with Gasteiger partial charge in [0.2, 0.25) is 0 Å². The molecule has 0 bridgehead atoms. The highest BCUT2D eigenvalue weighted by molar-refractivity contribution is 7.47. The highest BCUT2D eigenvalue weighted by Gasteiger charge is 2.24. The number of unbranched alkanes of at least 4 members (excludes halogenated alkanes) is 13. The SMILES string of the molecule is CC/C=C\C/C=C\C/C=C\C/C=C\C/C=C\CCCC(=O)OC[C@H](COP(=O)(O)OCCN)O/C=C\CCCCCCCCCCCCCC. The minimum Gasteiger partial charge on any atom is -0.492 e. The first kappa shape index (κ1) is 47.8. The smallest absolute Gasteiger partial charge is 0.472 e. The molecule has 0 aromatic heterocycles. The minimum atomic E-state index is -4.28. The summed E-state index contributed by atoms with van der Waals surface area (Å²) in [5, 5.41) is 0. The second kappa shape index (κ2) is 38.0. The number of allylic oxidation sites excluding steroid dienone is 11. The van der Waals surface area contributed by atoms with Crippen molar-refractivity contribution >= 4 is 13.8 Å². The van der Waals surface area contributed by atoms with Crippen LogP contribution in [0.3, 0.4) is 0 Å². The molecular weight excluding hydrogens is 649 g/mol. The van der Waals surface area contributed by atoms with Crippen LogP contribution in [0, 0.1) is 0 Å². The quantitative estimate of drug-likeness (QED) is 0.0216. The Kier molecular flexibility index (Phi) is 36.3. The molecule has 0 aliphatic carbocycles. The fraction of sp³-hybridized carbons (Fsp3) is 0.683. The van der Waals surface area contributed by atoms with Crippen LogP contribution in [0.25, 0.3) is 0 Å². The normalized spacial score (nSPS) is 14.3. The van der Waals surface area contributed by atoms with Gasteiger partial charge in [-0.15, -0.1) is 0 Å². The molecule has 0 amide bonds. The van der Waals surface area contributed by atoms with Crippen molar-refractivity contribution in [3.63, 3.8) is 0 Å². The number of hydrogen-bond donors (Lipinski definition) is 2. The van der Waals surface area contributed by atoms with Gasteiger partial charge in [0.15, 0.2) is 6.10 Å². The number of nitrogens with two attached hydrogens (primary N) is 1. The number of esters is 1. The predicted octanol–water partition coefficient (Wildman–Crippen LogP) is 11.5. The van der Waals surface area contributed by atoms with Crippen LogP contribution < -0.4 is 5.73 Å². The molecule has 0 saturated carbocycles. The average Bonchev–Trinajstić information content (AvgIpc) is 3.11. The van der Waals surface area contributed by atoms with Crippen LogP contribution >= 0.6 is 7.82 Å². The Morgan fingerprint density at radius 1 is 0.640 bits per heavy atom. The van der Waals surface area contributed by atoms with Gasteiger partial charge >= 0.3 is 13.8 Å². The Labute approximate surface area is 305 Å². The molecule has 0 rings (SSSR count). The number of rotatable bonds is 36. The molecule has 3 N–H and O–H groups in total. The zero-order valence-corrected chi connectivity index (χ0v) is 32.5. The van der Waals surface area contributed by atoms with E-state index in [-0.39, 0.29) is 38.8 Å². The molecule has 0 heterocycles. The zero-order valence-electron chi connectivity index (χ0n) is 31.6. The largest absolute Gasteiger partial charge is 0.492 e. The summed E-state index contributed by atoms with van der Waals surface area (Å²) in [6, 6.07) is 0. The minimum absolute atomic E-state index is 0.0902. The third-order valence-electron chi connectivity index (χ3n) is 7.73. The van der Waals surface area contributed by atoms with Gasteiger partial charge in [0.25, 0.3) is 0 Å². The van der Waals surface area contributed by atoms with E-state index >= 15 is 0 Å². The van der Waals surface area contributed by atoms with Crippen molar-refractivity contribution in [2.45, 2.75) is 155 Å². The first-order chi connectivity index (χ1) is 24.4. The van der Waals surface area contributed by atoms with Crippen molar-refractivity contribution in [3.05, 3.63) is 73.1 Å². The highest BCUT2D eigenvalue weighted by Crippen LogP contribution is 2.43. The zero-order chi connectivity index (χ0) is 36.6. The molecule has 0 radical (unpaired) electrons. The fourth-order valence-electron chi connectivity index (χ4n) is 4.84. The number of carbonyl (C=O) groups is 1. The topological polar surface area (TPSA) is 117 Å². The molecule has 1 unspecified atom stereocenters. The first-order valence-electron chi connectivity index (χ1n) is 19.5. The van der Waals surface area contributed by atoms with Crippen LogP contribution in [0.2, 0.25) is 0 Å². The van der Waals surface area contributed by atoms with Crippen LogP contribution in [0.1, 0.15) is 149 Å². The van der Waals surface area contributed by atoms with Crippen molar-refractivity contribution in [2.24, 2.45) is 5.73 Å². The van der Waals surface area contributed by atoms with E-state index in [1.165, 1.54) is 70.6 Å². The molecule has 0 aromatic carbocycles.